The SMILES string of the molecule is CC(c1nc(-c2ccc(F)cc2F)no1)S(C)(=O)=O. The maximum atomic E-state index is 13.5. The molecule has 0 aliphatic carbocycles. The summed E-state index contributed by atoms with van der Waals surface area (Å²) in [6, 6.07) is 2.89. The molecule has 1 aromatic carbocycles. The van der Waals surface area contributed by atoms with Gasteiger partial charge < -0.3 is 4.52 Å². The molecule has 0 aliphatic rings. The van der Waals surface area contributed by atoms with Gasteiger partial charge in [-0.3, -0.25) is 0 Å². The van der Waals surface area contributed by atoms with Crippen molar-refractivity contribution in [3.63, 3.8) is 0 Å². The van der Waals surface area contributed by atoms with Gasteiger partial charge in [-0.05, 0) is 19.1 Å². The van der Waals surface area contributed by atoms with E-state index >= 15 is 0 Å². The van der Waals surface area contributed by atoms with E-state index in [2.05, 4.69) is 10.1 Å². The van der Waals surface area contributed by atoms with Crippen molar-refractivity contribution in [1.29, 1.82) is 0 Å². The summed E-state index contributed by atoms with van der Waals surface area (Å²) in [4.78, 5) is 3.82. The lowest BCUT2D eigenvalue weighted by molar-refractivity contribution is 0.377. The third kappa shape index (κ3) is 2.78. The predicted octanol–water partition coefficient (Wildman–Crippen LogP) is 2.12. The van der Waals surface area contributed by atoms with E-state index in [-0.39, 0.29) is 17.3 Å². The summed E-state index contributed by atoms with van der Waals surface area (Å²) in [6.07, 6.45) is 1.03. The zero-order valence-corrected chi connectivity index (χ0v) is 10.9. The fourth-order valence-electron chi connectivity index (χ4n) is 1.36. The molecule has 8 heteroatoms. The Morgan fingerprint density at radius 1 is 1.32 bits per heavy atom. The third-order valence-electron chi connectivity index (χ3n) is 2.60. The van der Waals surface area contributed by atoms with E-state index in [9.17, 15) is 17.2 Å². The largest absolute Gasteiger partial charge is 0.338 e. The van der Waals surface area contributed by atoms with Crippen LogP contribution in [0.3, 0.4) is 0 Å². The highest BCUT2D eigenvalue weighted by atomic mass is 32.2. The number of rotatable bonds is 3. The molecule has 0 fully saturated rings. The first-order valence-corrected chi connectivity index (χ1v) is 7.22. The first-order chi connectivity index (χ1) is 8.79. The van der Waals surface area contributed by atoms with Crippen LogP contribution in [0.5, 0.6) is 0 Å². The molecule has 2 aromatic rings. The molecule has 1 atom stereocenters. The fourth-order valence-corrected chi connectivity index (χ4v) is 1.83. The van der Waals surface area contributed by atoms with Gasteiger partial charge >= 0.3 is 0 Å². The number of aromatic nitrogens is 2. The van der Waals surface area contributed by atoms with Crippen molar-refractivity contribution in [3.05, 3.63) is 35.7 Å². The van der Waals surface area contributed by atoms with E-state index in [0.29, 0.717) is 6.07 Å². The number of halogens is 2. The Hall–Kier alpha value is -1.83. The zero-order valence-electron chi connectivity index (χ0n) is 10.1. The standard InChI is InChI=1S/C11H10F2N2O3S/c1-6(19(2,16)17)11-14-10(15-18-11)8-4-3-7(12)5-9(8)13/h3-6H,1-2H3. The van der Waals surface area contributed by atoms with E-state index in [1.807, 2.05) is 0 Å². The van der Waals surface area contributed by atoms with Gasteiger partial charge in [0.2, 0.25) is 11.7 Å². The van der Waals surface area contributed by atoms with Gasteiger partial charge in [0.05, 0.1) is 5.56 Å². The van der Waals surface area contributed by atoms with Gasteiger partial charge in [0.15, 0.2) is 9.84 Å². The topological polar surface area (TPSA) is 73.1 Å². The molecule has 19 heavy (non-hydrogen) atoms. The summed E-state index contributed by atoms with van der Waals surface area (Å²) < 4.78 is 53.7. The molecule has 0 saturated heterocycles. The molecule has 0 spiro atoms. The highest BCUT2D eigenvalue weighted by Gasteiger charge is 2.24. The molecule has 1 unspecified atom stereocenters. The summed E-state index contributed by atoms with van der Waals surface area (Å²) >= 11 is 0. The summed E-state index contributed by atoms with van der Waals surface area (Å²) in [5.74, 6) is -1.84. The lowest BCUT2D eigenvalue weighted by atomic mass is 10.2. The summed E-state index contributed by atoms with van der Waals surface area (Å²) in [6.45, 7) is 1.38. The summed E-state index contributed by atoms with van der Waals surface area (Å²) in [5.41, 5.74) is -0.0582. The van der Waals surface area contributed by atoms with E-state index in [4.69, 9.17) is 4.52 Å². The lowest BCUT2D eigenvalue weighted by Crippen LogP contribution is -2.07. The Bertz CT molecular complexity index is 712. The Morgan fingerprint density at radius 2 is 2.00 bits per heavy atom. The second-order valence-corrected chi connectivity index (χ2v) is 6.42. The average Bonchev–Trinajstić information content (AvgIpc) is 2.75. The number of nitrogens with zero attached hydrogens (tertiary/aromatic N) is 2. The lowest BCUT2D eigenvalue weighted by Gasteiger charge is -2.01. The van der Waals surface area contributed by atoms with Gasteiger partial charge in [-0.15, -0.1) is 0 Å². The minimum atomic E-state index is -3.39. The van der Waals surface area contributed by atoms with Crippen LogP contribution >= 0.6 is 0 Å². The molecule has 5 nitrogen and oxygen atoms in total. The van der Waals surface area contributed by atoms with Crippen LogP contribution in [0.2, 0.25) is 0 Å². The maximum absolute atomic E-state index is 13.5. The Balaban J connectivity index is 2.41. The molecule has 1 heterocycles. The maximum Gasteiger partial charge on any atom is 0.244 e. The van der Waals surface area contributed by atoms with Crippen molar-refractivity contribution in [2.75, 3.05) is 6.26 Å². The van der Waals surface area contributed by atoms with Gasteiger partial charge in [0.1, 0.15) is 16.9 Å². The van der Waals surface area contributed by atoms with Gasteiger partial charge in [-0.25, -0.2) is 17.2 Å². The van der Waals surface area contributed by atoms with Crippen LogP contribution in [0.25, 0.3) is 11.4 Å². The van der Waals surface area contributed by atoms with Crippen LogP contribution in [0.1, 0.15) is 18.1 Å². The van der Waals surface area contributed by atoms with Crippen molar-refractivity contribution in [2.45, 2.75) is 12.2 Å². The van der Waals surface area contributed by atoms with Crippen LogP contribution < -0.4 is 0 Å². The quantitative estimate of drug-likeness (QED) is 0.865. The highest BCUT2D eigenvalue weighted by molar-refractivity contribution is 7.90. The monoisotopic (exact) mass is 288 g/mol. The Kier molecular flexibility index (Phi) is 3.36. The molecule has 1 aromatic heterocycles. The molecule has 0 N–H and O–H groups in total. The van der Waals surface area contributed by atoms with Gasteiger partial charge in [-0.2, -0.15) is 4.98 Å². The van der Waals surface area contributed by atoms with E-state index in [0.717, 1.165) is 18.4 Å². The number of benzene rings is 1. The molecule has 0 saturated carbocycles. The summed E-state index contributed by atoms with van der Waals surface area (Å²) in [7, 11) is -3.39. The van der Waals surface area contributed by atoms with E-state index < -0.39 is 26.7 Å². The molecule has 2 rings (SSSR count). The van der Waals surface area contributed by atoms with Crippen molar-refractivity contribution in [3.8, 4) is 11.4 Å². The number of sulfone groups is 1. The van der Waals surface area contributed by atoms with Gasteiger partial charge in [0.25, 0.3) is 0 Å². The first-order valence-electron chi connectivity index (χ1n) is 5.27. The molecule has 0 bridgehead atoms. The predicted molar refractivity (Wildman–Crippen MR) is 62.9 cm³/mol. The van der Waals surface area contributed by atoms with Crippen LogP contribution in [0.15, 0.2) is 22.7 Å². The van der Waals surface area contributed by atoms with Gasteiger partial charge in [0, 0.05) is 12.3 Å². The number of hydrogen-bond acceptors (Lipinski definition) is 5. The van der Waals surface area contributed by atoms with Crippen LogP contribution in [0, 0.1) is 11.6 Å². The highest BCUT2D eigenvalue weighted by Crippen LogP contribution is 2.24. The normalized spacial score (nSPS) is 13.5. The van der Waals surface area contributed by atoms with E-state index in [1.165, 1.54) is 6.92 Å². The number of hydrogen-bond donors (Lipinski definition) is 0. The third-order valence-corrected chi connectivity index (χ3v) is 4.09. The second kappa shape index (κ2) is 4.69. The van der Waals surface area contributed by atoms with Crippen LogP contribution in [-0.2, 0) is 9.84 Å². The second-order valence-electron chi connectivity index (χ2n) is 4.05. The summed E-state index contributed by atoms with van der Waals surface area (Å²) in [5, 5.41) is 2.51. The minimum absolute atomic E-state index is 0.0582. The molecular formula is C11H10F2N2O3S. The smallest absolute Gasteiger partial charge is 0.244 e. The van der Waals surface area contributed by atoms with Crippen LogP contribution in [-0.4, -0.2) is 24.8 Å². The van der Waals surface area contributed by atoms with E-state index in [1.54, 1.807) is 0 Å². The minimum Gasteiger partial charge on any atom is -0.338 e. The molecule has 0 amide bonds. The Labute approximate surface area is 108 Å². The van der Waals surface area contributed by atoms with Gasteiger partial charge in [-0.1, -0.05) is 5.16 Å². The zero-order chi connectivity index (χ0) is 14.2. The average molecular weight is 288 g/mol. The van der Waals surface area contributed by atoms with Crippen LogP contribution in [0.4, 0.5) is 8.78 Å². The van der Waals surface area contributed by atoms with Crippen molar-refractivity contribution in [1.82, 2.24) is 10.1 Å². The molecule has 102 valence electrons. The van der Waals surface area contributed by atoms with Crippen molar-refractivity contribution < 1.29 is 21.7 Å². The Morgan fingerprint density at radius 3 is 2.58 bits per heavy atom. The fraction of sp³-hybridized carbons (Fsp3) is 0.273. The van der Waals surface area contributed by atoms with Crippen molar-refractivity contribution >= 4 is 9.84 Å². The molecular weight excluding hydrogens is 278 g/mol. The first kappa shape index (κ1) is 13.6. The molecule has 0 aliphatic heterocycles. The molecule has 0 radical (unpaired) electrons. The van der Waals surface area contributed by atoms with Crippen molar-refractivity contribution in [2.24, 2.45) is 0 Å².